The normalized spacial score (nSPS) is 16.4. The molecule has 1 atom stereocenters. The maximum Gasteiger partial charge on any atom is 0.326 e. The van der Waals surface area contributed by atoms with Crippen molar-refractivity contribution in [3.63, 3.8) is 0 Å². The molecule has 1 rings (SSSR count). The third-order valence-corrected chi connectivity index (χ3v) is 3.31. The molecule has 1 unspecified atom stereocenters. The number of aliphatic carboxylic acids is 1. The fourth-order valence-corrected chi connectivity index (χ4v) is 2.26. The van der Waals surface area contributed by atoms with Crippen LogP contribution in [0.5, 0.6) is 0 Å². The highest BCUT2D eigenvalue weighted by Crippen LogP contribution is 2.17. The van der Waals surface area contributed by atoms with Gasteiger partial charge in [0.2, 0.25) is 5.91 Å². The van der Waals surface area contributed by atoms with E-state index in [0.717, 1.165) is 25.7 Å². The van der Waals surface area contributed by atoms with Gasteiger partial charge in [-0.05, 0) is 19.3 Å². The number of hydrogen-bond donors (Lipinski definition) is 4. The Morgan fingerprint density at radius 3 is 2.45 bits per heavy atom. The van der Waals surface area contributed by atoms with Crippen LogP contribution in [0.15, 0.2) is 0 Å². The van der Waals surface area contributed by atoms with E-state index in [9.17, 15) is 14.4 Å². The SMILES string of the molecule is CCCC(NC(=O)NCC(=O)NC1CCCC1)C(=O)O. The van der Waals surface area contributed by atoms with Crippen LogP contribution in [-0.4, -0.2) is 41.6 Å². The number of carbonyl (C=O) groups excluding carboxylic acids is 2. The van der Waals surface area contributed by atoms with Crippen molar-refractivity contribution in [2.24, 2.45) is 0 Å². The van der Waals surface area contributed by atoms with E-state index in [1.54, 1.807) is 0 Å². The Hall–Kier alpha value is -1.79. The first-order valence-corrected chi connectivity index (χ1v) is 7.09. The number of urea groups is 1. The van der Waals surface area contributed by atoms with Crippen LogP contribution in [0, 0.1) is 0 Å². The summed E-state index contributed by atoms with van der Waals surface area (Å²) in [6, 6.07) is -1.34. The van der Waals surface area contributed by atoms with E-state index in [1.807, 2.05) is 6.92 Å². The van der Waals surface area contributed by atoms with Crippen LogP contribution in [0.3, 0.4) is 0 Å². The van der Waals surface area contributed by atoms with Crippen molar-refractivity contribution in [3.05, 3.63) is 0 Å². The lowest BCUT2D eigenvalue weighted by molar-refractivity contribution is -0.139. The fourth-order valence-electron chi connectivity index (χ4n) is 2.26. The van der Waals surface area contributed by atoms with Gasteiger partial charge in [-0.25, -0.2) is 9.59 Å². The van der Waals surface area contributed by atoms with Gasteiger partial charge in [0.05, 0.1) is 6.54 Å². The molecule has 0 aliphatic heterocycles. The van der Waals surface area contributed by atoms with Crippen LogP contribution in [0.2, 0.25) is 0 Å². The van der Waals surface area contributed by atoms with E-state index >= 15 is 0 Å². The smallest absolute Gasteiger partial charge is 0.326 e. The van der Waals surface area contributed by atoms with E-state index in [2.05, 4.69) is 16.0 Å². The first-order chi connectivity index (χ1) is 9.52. The third-order valence-electron chi connectivity index (χ3n) is 3.31. The lowest BCUT2D eigenvalue weighted by Gasteiger charge is -2.15. The minimum absolute atomic E-state index is 0.138. The van der Waals surface area contributed by atoms with Crippen LogP contribution in [0.1, 0.15) is 45.4 Å². The minimum atomic E-state index is -1.07. The summed E-state index contributed by atoms with van der Waals surface area (Å²) in [6.07, 6.45) is 5.22. The van der Waals surface area contributed by atoms with Gasteiger partial charge in [-0.15, -0.1) is 0 Å². The summed E-state index contributed by atoms with van der Waals surface area (Å²) in [5.41, 5.74) is 0. The van der Waals surface area contributed by atoms with Crippen molar-refractivity contribution in [1.82, 2.24) is 16.0 Å². The summed E-state index contributed by atoms with van der Waals surface area (Å²) < 4.78 is 0. The summed E-state index contributed by atoms with van der Waals surface area (Å²) in [5, 5.41) is 16.4. The summed E-state index contributed by atoms with van der Waals surface area (Å²) in [4.78, 5) is 34.0. The molecule has 1 aliphatic rings. The molecule has 0 aromatic heterocycles. The summed E-state index contributed by atoms with van der Waals surface area (Å²) in [7, 11) is 0. The van der Waals surface area contributed by atoms with E-state index in [0.29, 0.717) is 12.8 Å². The van der Waals surface area contributed by atoms with Crippen molar-refractivity contribution in [1.29, 1.82) is 0 Å². The third kappa shape index (κ3) is 5.90. The average Bonchev–Trinajstić information content (AvgIpc) is 2.88. The minimum Gasteiger partial charge on any atom is -0.480 e. The van der Waals surface area contributed by atoms with E-state index < -0.39 is 18.0 Å². The van der Waals surface area contributed by atoms with Gasteiger partial charge in [0.1, 0.15) is 6.04 Å². The molecular weight excluding hydrogens is 262 g/mol. The van der Waals surface area contributed by atoms with Gasteiger partial charge in [-0.2, -0.15) is 0 Å². The quantitative estimate of drug-likeness (QED) is 0.549. The first-order valence-electron chi connectivity index (χ1n) is 7.09. The van der Waals surface area contributed by atoms with E-state index in [4.69, 9.17) is 5.11 Å². The van der Waals surface area contributed by atoms with Crippen molar-refractivity contribution in [3.8, 4) is 0 Å². The molecule has 114 valence electrons. The van der Waals surface area contributed by atoms with Gasteiger partial charge in [0.15, 0.2) is 0 Å². The highest BCUT2D eigenvalue weighted by Gasteiger charge is 2.20. The molecule has 1 fully saturated rings. The molecule has 4 N–H and O–H groups in total. The molecule has 3 amide bonds. The Morgan fingerprint density at radius 2 is 1.90 bits per heavy atom. The largest absolute Gasteiger partial charge is 0.480 e. The second-order valence-corrected chi connectivity index (χ2v) is 5.06. The van der Waals surface area contributed by atoms with Gasteiger partial charge in [0, 0.05) is 6.04 Å². The summed E-state index contributed by atoms with van der Waals surface area (Å²) in [5.74, 6) is -1.31. The summed E-state index contributed by atoms with van der Waals surface area (Å²) >= 11 is 0. The topological polar surface area (TPSA) is 108 Å². The lowest BCUT2D eigenvalue weighted by atomic mass is 10.2. The Morgan fingerprint density at radius 1 is 1.25 bits per heavy atom. The van der Waals surface area contributed by atoms with Gasteiger partial charge < -0.3 is 21.1 Å². The molecule has 0 radical (unpaired) electrons. The Balaban J connectivity index is 2.23. The van der Waals surface area contributed by atoms with Gasteiger partial charge in [0.25, 0.3) is 0 Å². The van der Waals surface area contributed by atoms with Crippen molar-refractivity contribution in [2.45, 2.75) is 57.5 Å². The van der Waals surface area contributed by atoms with E-state index in [-0.39, 0.29) is 18.5 Å². The second-order valence-electron chi connectivity index (χ2n) is 5.06. The van der Waals surface area contributed by atoms with Gasteiger partial charge in [-0.3, -0.25) is 4.79 Å². The molecular formula is C13H23N3O4. The Kier molecular flexibility index (Phi) is 6.83. The highest BCUT2D eigenvalue weighted by atomic mass is 16.4. The van der Waals surface area contributed by atoms with Crippen LogP contribution in [-0.2, 0) is 9.59 Å². The molecule has 1 aliphatic carbocycles. The van der Waals surface area contributed by atoms with Crippen LogP contribution >= 0.6 is 0 Å². The number of carboxylic acid groups (broad SMARTS) is 1. The van der Waals surface area contributed by atoms with Crippen LogP contribution in [0.4, 0.5) is 4.79 Å². The number of carbonyl (C=O) groups is 3. The predicted octanol–water partition coefficient (Wildman–Crippen LogP) is 0.598. The van der Waals surface area contributed by atoms with Gasteiger partial charge in [-0.1, -0.05) is 26.2 Å². The highest BCUT2D eigenvalue weighted by molar-refractivity contribution is 5.86. The molecule has 0 saturated heterocycles. The Labute approximate surface area is 118 Å². The Bertz CT molecular complexity index is 354. The number of carboxylic acids is 1. The van der Waals surface area contributed by atoms with Crippen LogP contribution in [0.25, 0.3) is 0 Å². The monoisotopic (exact) mass is 285 g/mol. The van der Waals surface area contributed by atoms with Crippen LogP contribution < -0.4 is 16.0 Å². The van der Waals surface area contributed by atoms with Gasteiger partial charge >= 0.3 is 12.0 Å². The number of hydrogen-bond acceptors (Lipinski definition) is 3. The molecule has 1 saturated carbocycles. The number of amides is 3. The summed E-state index contributed by atoms with van der Waals surface area (Å²) in [6.45, 7) is 1.70. The molecule has 0 heterocycles. The van der Waals surface area contributed by atoms with Crippen molar-refractivity contribution in [2.75, 3.05) is 6.54 Å². The van der Waals surface area contributed by atoms with E-state index in [1.165, 1.54) is 0 Å². The second kappa shape index (κ2) is 8.39. The zero-order chi connectivity index (χ0) is 15.0. The average molecular weight is 285 g/mol. The zero-order valence-electron chi connectivity index (χ0n) is 11.8. The molecule has 0 spiro atoms. The molecule has 20 heavy (non-hydrogen) atoms. The zero-order valence-corrected chi connectivity index (χ0v) is 11.8. The molecule has 0 bridgehead atoms. The molecule has 7 nitrogen and oxygen atoms in total. The number of nitrogens with one attached hydrogen (secondary N) is 3. The maximum atomic E-state index is 11.6. The van der Waals surface area contributed by atoms with Crippen molar-refractivity contribution < 1.29 is 19.5 Å². The lowest BCUT2D eigenvalue weighted by Crippen LogP contribution is -2.49. The maximum absolute atomic E-state index is 11.6. The first kappa shape index (κ1) is 16.3. The molecule has 0 aromatic carbocycles. The number of rotatable bonds is 7. The molecule has 0 aromatic rings. The van der Waals surface area contributed by atoms with Crippen molar-refractivity contribution >= 4 is 17.9 Å². The standard InChI is InChI=1S/C13H23N3O4/c1-2-5-10(12(18)19)16-13(20)14-8-11(17)15-9-6-3-4-7-9/h9-10H,2-8H2,1H3,(H,15,17)(H,18,19)(H2,14,16,20). The fraction of sp³-hybridized carbons (Fsp3) is 0.769. The molecule has 7 heteroatoms. The predicted molar refractivity (Wildman–Crippen MR) is 73.3 cm³/mol.